The first kappa shape index (κ1) is 44.4. The molecule has 5 fully saturated rings. The highest BCUT2D eigenvalue weighted by Gasteiger charge is 2.59. The first-order chi connectivity index (χ1) is 26.7. The van der Waals surface area contributed by atoms with Gasteiger partial charge in [-0.2, -0.15) is 0 Å². The van der Waals surface area contributed by atoms with Crippen molar-refractivity contribution in [2.45, 2.75) is 180 Å². The summed E-state index contributed by atoms with van der Waals surface area (Å²) in [5.74, 6) is 3.59. The van der Waals surface area contributed by atoms with Crippen molar-refractivity contribution in [3.05, 3.63) is 11.6 Å². The molecule has 2 heterocycles. The van der Waals surface area contributed by atoms with Gasteiger partial charge in [0.1, 0.15) is 43.2 Å². The van der Waals surface area contributed by atoms with Gasteiger partial charge in [0, 0.05) is 12.5 Å². The molecule has 12 nitrogen and oxygen atoms in total. The minimum absolute atomic E-state index is 0.110. The van der Waals surface area contributed by atoms with Gasteiger partial charge in [0.25, 0.3) is 0 Å². The molecule has 0 aromatic carbocycles. The van der Waals surface area contributed by atoms with Gasteiger partial charge in [-0.3, -0.25) is 4.79 Å². The van der Waals surface area contributed by atoms with Crippen molar-refractivity contribution >= 4 is 5.91 Å². The van der Waals surface area contributed by atoms with E-state index < -0.39 is 80.3 Å². The van der Waals surface area contributed by atoms with Crippen LogP contribution >= 0.6 is 0 Å². The Balaban J connectivity index is 1.07. The number of fused-ring (bicyclic) bond motifs is 5. The lowest BCUT2D eigenvalue weighted by Gasteiger charge is -2.58. The molecule has 2 aliphatic heterocycles. The van der Waals surface area contributed by atoms with Gasteiger partial charge in [-0.05, 0) is 105 Å². The molecule has 12 heteroatoms. The van der Waals surface area contributed by atoms with Crippen LogP contribution in [0.4, 0.5) is 0 Å². The molecular formula is C44H75NO11. The van der Waals surface area contributed by atoms with Crippen LogP contribution in [-0.4, -0.2) is 119 Å². The molecule has 2 saturated heterocycles. The van der Waals surface area contributed by atoms with Gasteiger partial charge in [-0.15, -0.1) is 0 Å². The molecule has 0 radical (unpaired) electrons. The van der Waals surface area contributed by atoms with Crippen LogP contribution in [0.15, 0.2) is 11.6 Å². The summed E-state index contributed by atoms with van der Waals surface area (Å²) in [6.07, 6.45) is 6.20. The van der Waals surface area contributed by atoms with Crippen LogP contribution in [-0.2, 0) is 28.5 Å². The minimum atomic E-state index is -1.54. The smallest absolute Gasteiger partial charge is 0.246 e. The van der Waals surface area contributed by atoms with Gasteiger partial charge in [-0.1, -0.05) is 72.5 Å². The first-order valence-corrected chi connectivity index (χ1v) is 22.1. The van der Waals surface area contributed by atoms with Crippen molar-refractivity contribution in [1.29, 1.82) is 0 Å². The van der Waals surface area contributed by atoms with E-state index in [1.165, 1.54) is 50.5 Å². The summed E-state index contributed by atoms with van der Waals surface area (Å²) in [6, 6.07) is -1.24. The van der Waals surface area contributed by atoms with E-state index in [-0.39, 0.29) is 18.1 Å². The average Bonchev–Trinajstić information content (AvgIpc) is 3.53. The molecular weight excluding hydrogens is 718 g/mol. The number of carbonyl (C=O) groups is 1. The van der Waals surface area contributed by atoms with Crippen LogP contribution in [0.2, 0.25) is 0 Å². The monoisotopic (exact) mass is 794 g/mol. The predicted octanol–water partition coefficient (Wildman–Crippen LogP) is 4.47. The standard InChI is InChI=1S/C44H75NO11/c1-8-52-39-26(5)41(51)54-34(22-47)40(39)56-42-36(38(50)37(49)33(21-46)55-42)45-35(48)23-53-28-16-18-43(6)27(20-28)12-13-29-31-15-14-30(25(4)11-9-10-24(2)3)44(31,7)19-17-32(29)43/h12,24-26,28-34,36-42,46-47,49-51H,8-11,13-23H2,1-7H3,(H,45,48)/t25-,26?,28-,29?,30-,31?,32?,33?,34?,36?,37-,38-,39-,40-,41?,42+,43+,44-/m1/s1. The van der Waals surface area contributed by atoms with Crippen LogP contribution in [0.5, 0.6) is 0 Å². The van der Waals surface area contributed by atoms with E-state index in [0.717, 1.165) is 55.3 Å². The molecule has 6 aliphatic rings. The maximum absolute atomic E-state index is 13.5. The summed E-state index contributed by atoms with van der Waals surface area (Å²) in [5, 5.41) is 55.1. The number of nitrogens with one attached hydrogen (secondary N) is 1. The van der Waals surface area contributed by atoms with Crippen molar-refractivity contribution in [3.8, 4) is 0 Å². The highest BCUT2D eigenvalue weighted by atomic mass is 16.7. The second-order valence-electron chi connectivity index (χ2n) is 19.4. The first-order valence-electron chi connectivity index (χ1n) is 22.1. The zero-order chi connectivity index (χ0) is 40.5. The Hall–Kier alpha value is -1.19. The minimum Gasteiger partial charge on any atom is -0.394 e. The second-order valence-corrected chi connectivity index (χ2v) is 19.4. The second kappa shape index (κ2) is 18.6. The SMILES string of the molecule is CCO[C@@H]1C(C)C(O)OC(CO)[C@H]1O[C@@H]1OC(CO)[C@@H](O)[C@H](O)C1NC(=O)CO[C@@H]1CC[C@@]2(C)C(=CCC3C2CC[C@@]2(C)C3CC[C@@H]2[C@H](C)CCCC(C)C)C1. The van der Waals surface area contributed by atoms with E-state index in [4.69, 9.17) is 23.7 Å². The molecule has 0 bridgehead atoms. The lowest BCUT2D eigenvalue weighted by atomic mass is 9.47. The van der Waals surface area contributed by atoms with Crippen molar-refractivity contribution in [2.75, 3.05) is 26.4 Å². The van der Waals surface area contributed by atoms with Crippen LogP contribution in [0, 0.1) is 52.3 Å². The van der Waals surface area contributed by atoms with E-state index in [9.17, 15) is 30.3 Å². The number of aliphatic hydroxyl groups is 5. The Bertz CT molecular complexity index is 1330. The maximum atomic E-state index is 13.5. The van der Waals surface area contributed by atoms with Gasteiger partial charge < -0.3 is 54.5 Å². The number of rotatable bonds is 15. The topological polar surface area (TPSA) is 176 Å². The lowest BCUT2D eigenvalue weighted by Crippen LogP contribution is -2.67. The van der Waals surface area contributed by atoms with E-state index in [0.29, 0.717) is 17.9 Å². The van der Waals surface area contributed by atoms with Crippen molar-refractivity contribution in [1.82, 2.24) is 5.32 Å². The third-order valence-electron chi connectivity index (χ3n) is 15.7. The molecule has 6 N–H and O–H groups in total. The largest absolute Gasteiger partial charge is 0.394 e. The van der Waals surface area contributed by atoms with E-state index >= 15 is 0 Å². The quantitative estimate of drug-likeness (QED) is 0.129. The molecule has 0 spiro atoms. The Morgan fingerprint density at radius 3 is 2.38 bits per heavy atom. The van der Waals surface area contributed by atoms with Crippen LogP contribution < -0.4 is 5.32 Å². The third kappa shape index (κ3) is 8.82. The van der Waals surface area contributed by atoms with Crippen LogP contribution in [0.1, 0.15) is 119 Å². The lowest BCUT2D eigenvalue weighted by molar-refractivity contribution is -0.337. The average molecular weight is 794 g/mol. The van der Waals surface area contributed by atoms with E-state index in [1.54, 1.807) is 13.8 Å². The molecule has 4 aliphatic carbocycles. The highest BCUT2D eigenvalue weighted by Crippen LogP contribution is 2.67. The number of hydrogen-bond acceptors (Lipinski definition) is 11. The van der Waals surface area contributed by atoms with Crippen LogP contribution in [0.25, 0.3) is 0 Å². The van der Waals surface area contributed by atoms with Gasteiger partial charge in [0.2, 0.25) is 5.91 Å². The summed E-state index contributed by atoms with van der Waals surface area (Å²) in [7, 11) is 0. The molecule has 0 aromatic rings. The van der Waals surface area contributed by atoms with E-state index in [2.05, 4.69) is 46.0 Å². The predicted molar refractivity (Wildman–Crippen MR) is 210 cm³/mol. The Morgan fingerprint density at radius 2 is 1.68 bits per heavy atom. The fourth-order valence-corrected chi connectivity index (χ4v) is 12.5. The Kier molecular flexibility index (Phi) is 14.7. The summed E-state index contributed by atoms with van der Waals surface area (Å²) in [6.45, 7) is 14.8. The molecule has 0 aromatic heterocycles. The van der Waals surface area contributed by atoms with Gasteiger partial charge in [0.05, 0.1) is 25.4 Å². The third-order valence-corrected chi connectivity index (χ3v) is 15.7. The molecule has 322 valence electrons. The fraction of sp³-hybridized carbons (Fsp3) is 0.932. The Morgan fingerprint density at radius 1 is 0.929 bits per heavy atom. The molecule has 3 saturated carbocycles. The zero-order valence-electron chi connectivity index (χ0n) is 35.2. The van der Waals surface area contributed by atoms with Crippen molar-refractivity contribution in [3.63, 3.8) is 0 Å². The molecule has 6 rings (SSSR count). The molecule has 18 atom stereocenters. The fourth-order valence-electron chi connectivity index (χ4n) is 12.5. The highest BCUT2D eigenvalue weighted by molar-refractivity contribution is 5.77. The number of aliphatic hydroxyl groups excluding tert-OH is 5. The molecule has 8 unspecified atom stereocenters. The summed E-state index contributed by atoms with van der Waals surface area (Å²) in [4.78, 5) is 13.5. The van der Waals surface area contributed by atoms with Crippen molar-refractivity contribution < 1.29 is 54.0 Å². The van der Waals surface area contributed by atoms with Crippen molar-refractivity contribution in [2.24, 2.45) is 52.3 Å². The van der Waals surface area contributed by atoms with Crippen LogP contribution in [0.3, 0.4) is 0 Å². The van der Waals surface area contributed by atoms with Gasteiger partial charge in [0.15, 0.2) is 12.6 Å². The molecule has 56 heavy (non-hydrogen) atoms. The zero-order valence-corrected chi connectivity index (χ0v) is 35.2. The number of ether oxygens (including phenoxy) is 5. The summed E-state index contributed by atoms with van der Waals surface area (Å²) < 4.78 is 29.9. The number of amides is 1. The number of carbonyl (C=O) groups excluding carboxylic acids is 1. The Labute approximate surface area is 335 Å². The van der Waals surface area contributed by atoms with Gasteiger partial charge >= 0.3 is 0 Å². The molecule has 1 amide bonds. The summed E-state index contributed by atoms with van der Waals surface area (Å²) in [5.41, 5.74) is 2.08. The van der Waals surface area contributed by atoms with E-state index in [1.807, 2.05) is 0 Å². The number of hydrogen-bond donors (Lipinski definition) is 6. The normalized spacial score (nSPS) is 45.7. The maximum Gasteiger partial charge on any atom is 0.246 e. The summed E-state index contributed by atoms with van der Waals surface area (Å²) >= 11 is 0. The number of allylic oxidation sites excluding steroid dienone is 1. The van der Waals surface area contributed by atoms with Gasteiger partial charge in [-0.25, -0.2) is 0 Å².